The quantitative estimate of drug-likeness (QED) is 0.596. The third-order valence-corrected chi connectivity index (χ3v) is 7.56. The highest BCUT2D eigenvalue weighted by atomic mass is 32.1. The van der Waals surface area contributed by atoms with Crippen LogP contribution in [-0.4, -0.2) is 62.2 Å². The standard InChI is InChI=1S/C24H27FN4O2S/c1-31-20-6-7-21-22(16-20)32-24(26-21)29-10-8-17(9-11-29)23(30)28-14-12-27(13-15-28)19-4-2-18(25)3-5-19/h2-7,16-17H,8-15H2,1H3. The van der Waals surface area contributed by atoms with Crippen LogP contribution in [0.1, 0.15) is 12.8 Å². The molecule has 0 unspecified atom stereocenters. The number of fused-ring (bicyclic) bond motifs is 1. The Bertz CT molecular complexity index is 1090. The molecule has 0 radical (unpaired) electrons. The number of halogens is 1. The number of hydrogen-bond donors (Lipinski definition) is 0. The van der Waals surface area contributed by atoms with Crippen molar-refractivity contribution in [2.24, 2.45) is 5.92 Å². The summed E-state index contributed by atoms with van der Waals surface area (Å²) in [5.74, 6) is 0.978. The number of aromatic nitrogens is 1. The summed E-state index contributed by atoms with van der Waals surface area (Å²) in [6.07, 6.45) is 1.71. The predicted molar refractivity (Wildman–Crippen MR) is 126 cm³/mol. The van der Waals surface area contributed by atoms with Crippen molar-refractivity contribution in [3.8, 4) is 5.75 Å². The molecule has 2 saturated heterocycles. The van der Waals surface area contributed by atoms with E-state index in [0.717, 1.165) is 78.9 Å². The van der Waals surface area contributed by atoms with Crippen LogP contribution in [0.15, 0.2) is 42.5 Å². The molecule has 3 aromatic rings. The van der Waals surface area contributed by atoms with E-state index in [0.29, 0.717) is 0 Å². The Balaban J connectivity index is 1.15. The molecule has 6 nitrogen and oxygen atoms in total. The molecule has 0 atom stereocenters. The molecule has 0 N–H and O–H groups in total. The van der Waals surface area contributed by atoms with Crippen LogP contribution in [0.25, 0.3) is 10.2 Å². The SMILES string of the molecule is COc1ccc2nc(N3CCC(C(=O)N4CCN(c5ccc(F)cc5)CC4)CC3)sc2c1. The highest BCUT2D eigenvalue weighted by Crippen LogP contribution is 2.33. The fraction of sp³-hybridized carbons (Fsp3) is 0.417. The monoisotopic (exact) mass is 454 g/mol. The van der Waals surface area contributed by atoms with Crippen LogP contribution in [0.5, 0.6) is 5.75 Å². The molecule has 0 aliphatic carbocycles. The number of methoxy groups -OCH3 is 1. The van der Waals surface area contributed by atoms with Gasteiger partial charge in [-0.15, -0.1) is 0 Å². The lowest BCUT2D eigenvalue weighted by atomic mass is 9.95. The van der Waals surface area contributed by atoms with E-state index in [4.69, 9.17) is 9.72 Å². The summed E-state index contributed by atoms with van der Waals surface area (Å²) in [5, 5.41) is 1.02. The van der Waals surface area contributed by atoms with Crippen molar-refractivity contribution < 1.29 is 13.9 Å². The molecular weight excluding hydrogens is 427 g/mol. The maximum Gasteiger partial charge on any atom is 0.225 e. The molecule has 32 heavy (non-hydrogen) atoms. The molecule has 0 bridgehead atoms. The molecule has 1 amide bonds. The second-order valence-electron chi connectivity index (χ2n) is 8.38. The van der Waals surface area contributed by atoms with Gasteiger partial charge in [0.15, 0.2) is 5.13 Å². The summed E-state index contributed by atoms with van der Waals surface area (Å²) in [5.41, 5.74) is 2.00. The molecule has 2 fully saturated rings. The zero-order valence-corrected chi connectivity index (χ0v) is 19.0. The first-order valence-corrected chi connectivity index (χ1v) is 11.9. The van der Waals surface area contributed by atoms with Crippen molar-refractivity contribution in [2.75, 3.05) is 56.2 Å². The van der Waals surface area contributed by atoms with Gasteiger partial charge in [-0.2, -0.15) is 0 Å². The van der Waals surface area contributed by atoms with E-state index < -0.39 is 0 Å². The number of rotatable bonds is 4. The molecular formula is C24H27FN4O2S. The maximum atomic E-state index is 13.2. The number of piperazine rings is 1. The topological polar surface area (TPSA) is 48.9 Å². The fourth-order valence-corrected chi connectivity index (χ4v) is 5.61. The normalized spacial score (nSPS) is 17.8. The van der Waals surface area contributed by atoms with Gasteiger partial charge in [0.1, 0.15) is 11.6 Å². The number of thiazole rings is 1. The van der Waals surface area contributed by atoms with Crippen LogP contribution in [-0.2, 0) is 4.79 Å². The summed E-state index contributed by atoms with van der Waals surface area (Å²) >= 11 is 1.68. The first kappa shape index (κ1) is 21.0. The number of carbonyl (C=O) groups is 1. The van der Waals surface area contributed by atoms with Crippen molar-refractivity contribution in [1.82, 2.24) is 9.88 Å². The van der Waals surface area contributed by atoms with Gasteiger partial charge in [-0.05, 0) is 55.3 Å². The molecule has 2 aliphatic rings. The number of piperidine rings is 1. The molecule has 0 saturated carbocycles. The molecule has 1 aromatic heterocycles. The smallest absolute Gasteiger partial charge is 0.225 e. The summed E-state index contributed by atoms with van der Waals surface area (Å²) in [6.45, 7) is 4.70. The van der Waals surface area contributed by atoms with Gasteiger partial charge in [0.25, 0.3) is 0 Å². The largest absolute Gasteiger partial charge is 0.497 e. The van der Waals surface area contributed by atoms with Crippen molar-refractivity contribution >= 4 is 38.3 Å². The first-order valence-electron chi connectivity index (χ1n) is 11.1. The highest BCUT2D eigenvalue weighted by Gasteiger charge is 2.31. The number of anilines is 2. The van der Waals surface area contributed by atoms with E-state index in [1.165, 1.54) is 12.1 Å². The third kappa shape index (κ3) is 4.24. The minimum atomic E-state index is -0.223. The Hall–Kier alpha value is -2.87. The van der Waals surface area contributed by atoms with Gasteiger partial charge in [0, 0.05) is 50.9 Å². The number of benzene rings is 2. The zero-order valence-electron chi connectivity index (χ0n) is 18.2. The van der Waals surface area contributed by atoms with E-state index in [9.17, 15) is 9.18 Å². The van der Waals surface area contributed by atoms with Crippen molar-refractivity contribution in [2.45, 2.75) is 12.8 Å². The maximum absolute atomic E-state index is 13.2. The molecule has 8 heteroatoms. The van der Waals surface area contributed by atoms with Crippen LogP contribution in [0.2, 0.25) is 0 Å². The summed E-state index contributed by atoms with van der Waals surface area (Å²) < 4.78 is 19.6. The van der Waals surface area contributed by atoms with Crippen LogP contribution < -0.4 is 14.5 Å². The number of amides is 1. The Morgan fingerprint density at radius 3 is 2.41 bits per heavy atom. The Morgan fingerprint density at radius 2 is 1.72 bits per heavy atom. The van der Waals surface area contributed by atoms with Crippen LogP contribution in [0.4, 0.5) is 15.2 Å². The lowest BCUT2D eigenvalue weighted by Crippen LogP contribution is -2.51. The lowest BCUT2D eigenvalue weighted by molar-refractivity contribution is -0.136. The van der Waals surface area contributed by atoms with Crippen molar-refractivity contribution in [3.63, 3.8) is 0 Å². The summed E-state index contributed by atoms with van der Waals surface area (Å²) in [7, 11) is 1.67. The lowest BCUT2D eigenvalue weighted by Gasteiger charge is -2.39. The number of carbonyl (C=O) groups excluding carboxylic acids is 1. The molecule has 2 aromatic carbocycles. The van der Waals surface area contributed by atoms with Crippen LogP contribution in [0, 0.1) is 11.7 Å². The molecule has 0 spiro atoms. The van der Waals surface area contributed by atoms with Crippen LogP contribution in [0.3, 0.4) is 0 Å². The second-order valence-corrected chi connectivity index (χ2v) is 9.39. The van der Waals surface area contributed by atoms with E-state index in [2.05, 4.69) is 9.80 Å². The number of nitrogens with zero attached hydrogens (tertiary/aromatic N) is 4. The fourth-order valence-electron chi connectivity index (χ4n) is 4.57. The Kier molecular flexibility index (Phi) is 5.87. The van der Waals surface area contributed by atoms with Gasteiger partial charge >= 0.3 is 0 Å². The summed E-state index contributed by atoms with van der Waals surface area (Å²) in [4.78, 5) is 24.4. The predicted octanol–water partition coefficient (Wildman–Crippen LogP) is 4.01. The van der Waals surface area contributed by atoms with Gasteiger partial charge in [-0.1, -0.05) is 11.3 Å². The molecule has 2 aliphatic heterocycles. The van der Waals surface area contributed by atoms with Crippen molar-refractivity contribution in [1.29, 1.82) is 0 Å². The van der Waals surface area contributed by atoms with Gasteiger partial charge in [-0.3, -0.25) is 4.79 Å². The van der Waals surface area contributed by atoms with E-state index in [-0.39, 0.29) is 17.6 Å². The first-order chi connectivity index (χ1) is 15.6. The minimum absolute atomic E-state index is 0.0816. The third-order valence-electron chi connectivity index (χ3n) is 6.48. The van der Waals surface area contributed by atoms with Gasteiger partial charge < -0.3 is 19.4 Å². The van der Waals surface area contributed by atoms with Crippen LogP contribution >= 0.6 is 11.3 Å². The van der Waals surface area contributed by atoms with Gasteiger partial charge in [0.05, 0.1) is 17.3 Å². The van der Waals surface area contributed by atoms with E-state index in [1.807, 2.05) is 23.1 Å². The average Bonchev–Trinajstić information content (AvgIpc) is 3.28. The molecule has 5 rings (SSSR count). The second kappa shape index (κ2) is 8.94. The Morgan fingerprint density at radius 1 is 1.00 bits per heavy atom. The average molecular weight is 455 g/mol. The zero-order chi connectivity index (χ0) is 22.1. The van der Waals surface area contributed by atoms with Gasteiger partial charge in [0.2, 0.25) is 5.91 Å². The number of ether oxygens (including phenoxy) is 1. The minimum Gasteiger partial charge on any atom is -0.497 e. The van der Waals surface area contributed by atoms with E-state index >= 15 is 0 Å². The Labute approximate surface area is 191 Å². The summed E-state index contributed by atoms with van der Waals surface area (Å²) in [6, 6.07) is 12.5. The highest BCUT2D eigenvalue weighted by molar-refractivity contribution is 7.22. The van der Waals surface area contributed by atoms with E-state index in [1.54, 1.807) is 30.6 Å². The molecule has 3 heterocycles. The van der Waals surface area contributed by atoms with Crippen molar-refractivity contribution in [3.05, 3.63) is 48.3 Å². The molecule has 168 valence electrons. The number of hydrogen-bond acceptors (Lipinski definition) is 6. The van der Waals surface area contributed by atoms with Gasteiger partial charge in [-0.25, -0.2) is 9.37 Å².